The van der Waals surface area contributed by atoms with E-state index in [1.54, 1.807) is 31.4 Å². The highest BCUT2D eigenvalue weighted by molar-refractivity contribution is 7.86. The molecule has 2 aromatic rings. The van der Waals surface area contributed by atoms with Gasteiger partial charge in [0.25, 0.3) is 10.1 Å². The van der Waals surface area contributed by atoms with E-state index in [0.29, 0.717) is 32.3 Å². The highest BCUT2D eigenvalue weighted by atomic mass is 32.2. The first-order valence-corrected chi connectivity index (χ1v) is 12.2. The zero-order valence-corrected chi connectivity index (χ0v) is 19.1. The van der Waals surface area contributed by atoms with Crippen molar-refractivity contribution in [2.75, 3.05) is 33.5 Å². The second-order valence-corrected chi connectivity index (χ2v) is 9.43. The molecule has 0 bridgehead atoms. The van der Waals surface area contributed by atoms with Crippen molar-refractivity contribution in [3.63, 3.8) is 0 Å². The summed E-state index contributed by atoms with van der Waals surface area (Å²) in [6.07, 6.45) is 3.01. The molecule has 0 N–H and O–H groups in total. The van der Waals surface area contributed by atoms with E-state index in [0.717, 1.165) is 37.0 Å². The van der Waals surface area contributed by atoms with Gasteiger partial charge in [-0.15, -0.1) is 0 Å². The fourth-order valence-electron chi connectivity index (χ4n) is 3.73. The maximum Gasteiger partial charge on any atom is 0.297 e. The van der Waals surface area contributed by atoms with Crippen LogP contribution < -0.4 is 4.74 Å². The third-order valence-electron chi connectivity index (χ3n) is 5.53. The molecule has 6 nitrogen and oxygen atoms in total. The van der Waals surface area contributed by atoms with Crippen LogP contribution in [0.25, 0.3) is 0 Å². The minimum absolute atomic E-state index is 0.222. The monoisotopic (exact) mass is 448 g/mol. The van der Waals surface area contributed by atoms with Crippen molar-refractivity contribution in [2.24, 2.45) is 0 Å². The van der Waals surface area contributed by atoms with E-state index in [2.05, 4.69) is 12.1 Å². The van der Waals surface area contributed by atoms with Gasteiger partial charge in [-0.25, -0.2) is 0 Å². The molecule has 1 aliphatic rings. The van der Waals surface area contributed by atoms with Crippen molar-refractivity contribution in [1.29, 1.82) is 0 Å². The van der Waals surface area contributed by atoms with Gasteiger partial charge in [0.1, 0.15) is 12.4 Å². The second kappa shape index (κ2) is 11.6. The number of hydrogen-bond donors (Lipinski definition) is 0. The topological polar surface area (TPSA) is 71.1 Å². The summed E-state index contributed by atoms with van der Waals surface area (Å²) in [5, 5.41) is 0. The first kappa shape index (κ1) is 23.7. The maximum atomic E-state index is 12.5. The molecule has 1 saturated carbocycles. The number of methoxy groups -OCH3 is 1. The lowest BCUT2D eigenvalue weighted by Gasteiger charge is -2.28. The van der Waals surface area contributed by atoms with Crippen molar-refractivity contribution in [3.05, 3.63) is 59.7 Å². The standard InChI is InChI=1S/C24H32O6S/c1-19-3-13-24(14-4-19)31(25,26)30-23-11-7-21(8-12-23)20-5-9-22(10-6-20)29-18-17-28-16-15-27-2/h3-6,9-10,13-14,21,23H,7-8,11-12,15-18H2,1-2H3/t21-,23-. The fourth-order valence-corrected chi connectivity index (χ4v) is 4.86. The molecule has 2 aromatic carbocycles. The summed E-state index contributed by atoms with van der Waals surface area (Å²) in [6.45, 7) is 4.11. The molecule has 0 saturated heterocycles. The molecule has 0 heterocycles. The Morgan fingerprint density at radius 3 is 2.13 bits per heavy atom. The average molecular weight is 449 g/mol. The molecule has 7 heteroatoms. The van der Waals surface area contributed by atoms with E-state index in [-0.39, 0.29) is 11.0 Å². The maximum absolute atomic E-state index is 12.5. The predicted molar refractivity (Wildman–Crippen MR) is 119 cm³/mol. The van der Waals surface area contributed by atoms with Gasteiger partial charge >= 0.3 is 0 Å². The molecule has 0 aromatic heterocycles. The van der Waals surface area contributed by atoms with Gasteiger partial charge in [0.15, 0.2) is 0 Å². The van der Waals surface area contributed by atoms with Crippen LogP contribution in [0, 0.1) is 6.92 Å². The lowest BCUT2D eigenvalue weighted by Crippen LogP contribution is -2.24. The highest BCUT2D eigenvalue weighted by Gasteiger charge is 2.27. The second-order valence-electron chi connectivity index (χ2n) is 7.86. The van der Waals surface area contributed by atoms with Crippen LogP contribution in [0.5, 0.6) is 5.75 Å². The van der Waals surface area contributed by atoms with E-state index in [1.807, 2.05) is 19.1 Å². The number of rotatable bonds is 11. The SMILES string of the molecule is COCCOCCOc1ccc([C@H]2CC[C@H](OS(=O)(=O)c3ccc(C)cc3)CC2)cc1. The fraction of sp³-hybridized carbons (Fsp3) is 0.500. The van der Waals surface area contributed by atoms with Crippen molar-refractivity contribution in [3.8, 4) is 5.75 Å². The number of hydrogen-bond acceptors (Lipinski definition) is 6. The number of benzene rings is 2. The summed E-state index contributed by atoms with van der Waals surface area (Å²) in [5.41, 5.74) is 2.27. The van der Waals surface area contributed by atoms with Crippen LogP contribution in [0.2, 0.25) is 0 Å². The van der Waals surface area contributed by atoms with E-state index in [4.69, 9.17) is 18.4 Å². The molecular weight excluding hydrogens is 416 g/mol. The lowest BCUT2D eigenvalue weighted by molar-refractivity contribution is 0.0544. The van der Waals surface area contributed by atoms with Gasteiger partial charge < -0.3 is 14.2 Å². The Morgan fingerprint density at radius 2 is 1.48 bits per heavy atom. The Bertz CT molecular complexity index is 885. The largest absolute Gasteiger partial charge is 0.491 e. The summed E-state index contributed by atoms with van der Waals surface area (Å²) < 4.78 is 46.6. The molecule has 0 unspecified atom stereocenters. The zero-order valence-electron chi connectivity index (χ0n) is 18.3. The highest BCUT2D eigenvalue weighted by Crippen LogP contribution is 2.35. The Balaban J connectivity index is 1.43. The van der Waals surface area contributed by atoms with Crippen LogP contribution in [-0.2, 0) is 23.8 Å². The van der Waals surface area contributed by atoms with Gasteiger partial charge in [0, 0.05) is 7.11 Å². The number of aryl methyl sites for hydroxylation is 1. The first-order valence-electron chi connectivity index (χ1n) is 10.8. The van der Waals surface area contributed by atoms with Gasteiger partial charge in [0.2, 0.25) is 0 Å². The molecule has 0 spiro atoms. The summed E-state index contributed by atoms with van der Waals surface area (Å²) >= 11 is 0. The Kier molecular flexibility index (Phi) is 8.90. The average Bonchev–Trinajstić information content (AvgIpc) is 2.77. The van der Waals surface area contributed by atoms with Crippen molar-refractivity contribution in [2.45, 2.75) is 49.5 Å². The third-order valence-corrected chi connectivity index (χ3v) is 6.90. The molecule has 0 amide bonds. The summed E-state index contributed by atoms with van der Waals surface area (Å²) in [7, 11) is -2.07. The van der Waals surface area contributed by atoms with Crippen LogP contribution in [0.15, 0.2) is 53.4 Å². The van der Waals surface area contributed by atoms with Crippen LogP contribution in [0.3, 0.4) is 0 Å². The minimum atomic E-state index is -3.71. The van der Waals surface area contributed by atoms with E-state index in [9.17, 15) is 8.42 Å². The molecule has 0 aliphatic heterocycles. The first-order chi connectivity index (χ1) is 15.0. The van der Waals surface area contributed by atoms with Crippen LogP contribution in [0.1, 0.15) is 42.7 Å². The Morgan fingerprint density at radius 1 is 0.839 bits per heavy atom. The molecule has 0 radical (unpaired) electrons. The predicted octanol–water partition coefficient (Wildman–Crippen LogP) is 4.47. The Labute approximate surface area is 185 Å². The molecule has 1 aliphatic carbocycles. The van der Waals surface area contributed by atoms with Crippen molar-refractivity contribution in [1.82, 2.24) is 0 Å². The molecule has 170 valence electrons. The minimum Gasteiger partial charge on any atom is -0.491 e. The van der Waals surface area contributed by atoms with Crippen molar-refractivity contribution >= 4 is 10.1 Å². The molecular formula is C24H32O6S. The van der Waals surface area contributed by atoms with E-state index in [1.165, 1.54) is 5.56 Å². The summed E-state index contributed by atoms with van der Waals surface area (Å²) in [5.74, 6) is 1.23. The van der Waals surface area contributed by atoms with E-state index < -0.39 is 10.1 Å². The Hall–Kier alpha value is -1.93. The quantitative estimate of drug-likeness (QED) is 0.373. The van der Waals surface area contributed by atoms with Crippen molar-refractivity contribution < 1.29 is 26.8 Å². The molecule has 0 atom stereocenters. The van der Waals surface area contributed by atoms with Gasteiger partial charge in [-0.1, -0.05) is 29.8 Å². The molecule has 31 heavy (non-hydrogen) atoms. The lowest BCUT2D eigenvalue weighted by atomic mass is 9.83. The third kappa shape index (κ3) is 7.31. The smallest absolute Gasteiger partial charge is 0.297 e. The van der Waals surface area contributed by atoms with E-state index >= 15 is 0 Å². The summed E-state index contributed by atoms with van der Waals surface area (Å²) in [6, 6.07) is 14.9. The normalized spacial score (nSPS) is 19.3. The van der Waals surface area contributed by atoms with Crippen LogP contribution >= 0.6 is 0 Å². The molecule has 3 rings (SSSR count). The van der Waals surface area contributed by atoms with Crippen LogP contribution in [-0.4, -0.2) is 48.1 Å². The molecule has 1 fully saturated rings. The van der Waals surface area contributed by atoms with Gasteiger partial charge in [-0.05, 0) is 68.4 Å². The van der Waals surface area contributed by atoms with Gasteiger partial charge in [-0.2, -0.15) is 8.42 Å². The number of ether oxygens (including phenoxy) is 3. The zero-order chi connectivity index (χ0) is 22.1. The van der Waals surface area contributed by atoms with Crippen LogP contribution in [0.4, 0.5) is 0 Å². The summed E-state index contributed by atoms with van der Waals surface area (Å²) in [4.78, 5) is 0.222. The van der Waals surface area contributed by atoms with Gasteiger partial charge in [-0.3, -0.25) is 4.18 Å². The van der Waals surface area contributed by atoms with Gasteiger partial charge in [0.05, 0.1) is 30.8 Å².